The molecule has 4 unspecified atom stereocenters. The summed E-state index contributed by atoms with van der Waals surface area (Å²) in [7, 11) is 0. The Morgan fingerprint density at radius 3 is 2.42 bits per heavy atom. The van der Waals surface area contributed by atoms with Crippen LogP contribution in [0.4, 0.5) is 0 Å². The van der Waals surface area contributed by atoms with Crippen molar-refractivity contribution in [1.29, 1.82) is 0 Å². The van der Waals surface area contributed by atoms with E-state index >= 15 is 0 Å². The van der Waals surface area contributed by atoms with Crippen LogP contribution >= 0.6 is 0 Å². The first-order valence-corrected chi connectivity index (χ1v) is 4.91. The molecule has 3 N–H and O–H groups in total. The number of aliphatic hydroxyl groups is 1. The predicted octanol–water partition coefficient (Wildman–Crippen LogP) is 1.38. The maximum absolute atomic E-state index is 8.96. The Balaban J connectivity index is 2.63. The van der Waals surface area contributed by atoms with Crippen molar-refractivity contribution in [2.75, 3.05) is 6.61 Å². The minimum Gasteiger partial charge on any atom is -0.396 e. The summed E-state index contributed by atoms with van der Waals surface area (Å²) in [5.74, 6) is 1.45. The molecule has 0 aromatic carbocycles. The first-order valence-electron chi connectivity index (χ1n) is 4.91. The van der Waals surface area contributed by atoms with E-state index in [0.717, 1.165) is 12.3 Å². The second-order valence-corrected chi connectivity index (χ2v) is 4.47. The summed E-state index contributed by atoms with van der Waals surface area (Å²) >= 11 is 0. The van der Waals surface area contributed by atoms with E-state index in [0.29, 0.717) is 5.92 Å². The zero-order chi connectivity index (χ0) is 9.35. The summed E-state index contributed by atoms with van der Waals surface area (Å²) in [5, 5.41) is 8.96. The summed E-state index contributed by atoms with van der Waals surface area (Å²) in [6.07, 6.45) is 2.06. The highest BCUT2D eigenvalue weighted by atomic mass is 16.3. The van der Waals surface area contributed by atoms with E-state index < -0.39 is 0 Å². The Bertz CT molecular complexity index is 154. The molecule has 4 atom stereocenters. The summed E-state index contributed by atoms with van der Waals surface area (Å²) in [6.45, 7) is 6.87. The number of rotatable bonds is 3. The molecule has 0 radical (unpaired) electrons. The second-order valence-electron chi connectivity index (χ2n) is 4.47. The summed E-state index contributed by atoms with van der Waals surface area (Å²) in [4.78, 5) is 0. The van der Waals surface area contributed by atoms with Gasteiger partial charge in [0.05, 0.1) is 0 Å². The van der Waals surface area contributed by atoms with Gasteiger partial charge in [-0.05, 0) is 37.0 Å². The largest absolute Gasteiger partial charge is 0.396 e. The Morgan fingerprint density at radius 1 is 1.58 bits per heavy atom. The van der Waals surface area contributed by atoms with Crippen LogP contribution in [-0.4, -0.2) is 17.8 Å². The highest BCUT2D eigenvalue weighted by Crippen LogP contribution is 2.54. The number of nitrogens with two attached hydrogens (primary N) is 1. The van der Waals surface area contributed by atoms with Gasteiger partial charge in [0.1, 0.15) is 0 Å². The molecular weight excluding hydrogens is 150 g/mol. The highest BCUT2D eigenvalue weighted by molar-refractivity contribution is 5.01. The third-order valence-corrected chi connectivity index (χ3v) is 3.95. The number of aliphatic hydroxyl groups excluding tert-OH is 1. The molecule has 2 nitrogen and oxygen atoms in total. The smallest absolute Gasteiger partial charge is 0.0437 e. The Kier molecular flexibility index (Phi) is 2.79. The molecule has 1 rings (SSSR count). The first-order chi connectivity index (χ1) is 5.54. The van der Waals surface area contributed by atoms with Crippen molar-refractivity contribution in [1.82, 2.24) is 0 Å². The molecule has 1 fully saturated rings. The van der Waals surface area contributed by atoms with Gasteiger partial charge in [0.2, 0.25) is 0 Å². The summed E-state index contributed by atoms with van der Waals surface area (Å²) < 4.78 is 0. The zero-order valence-corrected chi connectivity index (χ0v) is 8.38. The van der Waals surface area contributed by atoms with E-state index in [1.165, 1.54) is 6.42 Å². The van der Waals surface area contributed by atoms with E-state index in [4.69, 9.17) is 10.8 Å². The minimum absolute atomic E-state index is 0.218. The lowest BCUT2D eigenvalue weighted by Gasteiger charge is -2.55. The molecule has 12 heavy (non-hydrogen) atoms. The summed E-state index contributed by atoms with van der Waals surface area (Å²) in [5.41, 5.74) is 6.19. The molecule has 1 saturated carbocycles. The van der Waals surface area contributed by atoms with Gasteiger partial charge in [-0.2, -0.15) is 0 Å². The quantitative estimate of drug-likeness (QED) is 0.674. The van der Waals surface area contributed by atoms with Crippen molar-refractivity contribution in [2.24, 2.45) is 23.0 Å². The van der Waals surface area contributed by atoms with Crippen molar-refractivity contribution in [2.45, 2.75) is 39.7 Å². The third kappa shape index (κ3) is 1.27. The standard InChI is InChI=1S/C10H21NO/c1-7-6-10(4-5-12,8(7)2)9(3)11/h7-9,12H,4-6,11H2,1-3H3. The topological polar surface area (TPSA) is 46.2 Å². The van der Waals surface area contributed by atoms with Crippen molar-refractivity contribution in [3.63, 3.8) is 0 Å². The first kappa shape index (κ1) is 10.0. The molecule has 0 aliphatic heterocycles. The average Bonchev–Trinajstić information content (AvgIpc) is 2.02. The molecular formula is C10H21NO. The van der Waals surface area contributed by atoms with Gasteiger partial charge in [-0.1, -0.05) is 13.8 Å². The predicted molar refractivity (Wildman–Crippen MR) is 50.7 cm³/mol. The highest BCUT2D eigenvalue weighted by Gasteiger charge is 2.50. The van der Waals surface area contributed by atoms with Gasteiger partial charge in [0.25, 0.3) is 0 Å². The van der Waals surface area contributed by atoms with Crippen LogP contribution in [0.3, 0.4) is 0 Å². The van der Waals surface area contributed by atoms with Crippen LogP contribution in [0, 0.1) is 17.3 Å². The van der Waals surface area contributed by atoms with Crippen LogP contribution < -0.4 is 5.73 Å². The van der Waals surface area contributed by atoms with Crippen LogP contribution in [0.1, 0.15) is 33.6 Å². The van der Waals surface area contributed by atoms with Gasteiger partial charge in [0.15, 0.2) is 0 Å². The van der Waals surface area contributed by atoms with Gasteiger partial charge in [0, 0.05) is 12.6 Å². The second kappa shape index (κ2) is 3.35. The van der Waals surface area contributed by atoms with Crippen LogP contribution in [0.5, 0.6) is 0 Å². The van der Waals surface area contributed by atoms with Crippen LogP contribution in [0.25, 0.3) is 0 Å². The molecule has 2 heteroatoms. The Morgan fingerprint density at radius 2 is 2.17 bits per heavy atom. The van der Waals surface area contributed by atoms with Crippen molar-refractivity contribution < 1.29 is 5.11 Å². The Hall–Kier alpha value is -0.0800. The van der Waals surface area contributed by atoms with Crippen molar-refractivity contribution in [3.8, 4) is 0 Å². The molecule has 0 heterocycles. The van der Waals surface area contributed by atoms with Crippen LogP contribution in [0.2, 0.25) is 0 Å². The monoisotopic (exact) mass is 171 g/mol. The lowest BCUT2D eigenvalue weighted by Crippen LogP contribution is -2.55. The molecule has 0 bridgehead atoms. The van der Waals surface area contributed by atoms with Gasteiger partial charge < -0.3 is 10.8 Å². The van der Waals surface area contributed by atoms with E-state index in [1.54, 1.807) is 0 Å². The molecule has 72 valence electrons. The lowest BCUT2D eigenvalue weighted by molar-refractivity contribution is -0.0568. The zero-order valence-electron chi connectivity index (χ0n) is 8.38. The summed E-state index contributed by atoms with van der Waals surface area (Å²) in [6, 6.07) is 0.218. The molecule has 1 aliphatic rings. The maximum atomic E-state index is 8.96. The molecule has 1 aliphatic carbocycles. The third-order valence-electron chi connectivity index (χ3n) is 3.95. The molecule has 0 aromatic heterocycles. The van der Waals surface area contributed by atoms with Gasteiger partial charge in [-0.25, -0.2) is 0 Å². The lowest BCUT2D eigenvalue weighted by atomic mass is 9.51. The SMILES string of the molecule is CC1CC(CCO)(C(C)N)C1C. The fourth-order valence-electron chi connectivity index (χ4n) is 2.73. The minimum atomic E-state index is 0.218. The van der Waals surface area contributed by atoms with E-state index in [1.807, 2.05) is 0 Å². The molecule has 0 amide bonds. The van der Waals surface area contributed by atoms with Gasteiger partial charge in [-0.15, -0.1) is 0 Å². The average molecular weight is 171 g/mol. The van der Waals surface area contributed by atoms with Crippen LogP contribution in [-0.2, 0) is 0 Å². The van der Waals surface area contributed by atoms with E-state index in [-0.39, 0.29) is 18.1 Å². The fourth-order valence-corrected chi connectivity index (χ4v) is 2.73. The van der Waals surface area contributed by atoms with Gasteiger partial charge in [-0.3, -0.25) is 0 Å². The Labute approximate surface area is 75.2 Å². The number of hydrogen-bond donors (Lipinski definition) is 2. The van der Waals surface area contributed by atoms with Crippen molar-refractivity contribution in [3.05, 3.63) is 0 Å². The number of hydrogen-bond acceptors (Lipinski definition) is 2. The molecule has 0 spiro atoms. The fraction of sp³-hybridized carbons (Fsp3) is 1.00. The van der Waals surface area contributed by atoms with Crippen LogP contribution in [0.15, 0.2) is 0 Å². The van der Waals surface area contributed by atoms with Crippen molar-refractivity contribution >= 4 is 0 Å². The van der Waals surface area contributed by atoms with E-state index in [2.05, 4.69) is 20.8 Å². The molecule has 0 saturated heterocycles. The maximum Gasteiger partial charge on any atom is 0.0437 e. The molecule has 0 aromatic rings. The van der Waals surface area contributed by atoms with E-state index in [9.17, 15) is 0 Å². The van der Waals surface area contributed by atoms with Gasteiger partial charge >= 0.3 is 0 Å². The normalized spacial score (nSPS) is 43.8.